The highest BCUT2D eigenvalue weighted by Gasteiger charge is 2.27. The first-order valence-electron chi connectivity index (χ1n) is 9.85. The molecule has 2 aromatic rings. The van der Waals surface area contributed by atoms with Gasteiger partial charge in [-0.2, -0.15) is 0 Å². The minimum Gasteiger partial charge on any atom is -0.481 e. The second-order valence-electron chi connectivity index (χ2n) is 7.24. The van der Waals surface area contributed by atoms with Crippen molar-refractivity contribution < 1.29 is 38.6 Å². The van der Waals surface area contributed by atoms with Crippen LogP contribution in [0.2, 0.25) is 0 Å². The van der Waals surface area contributed by atoms with Crippen LogP contribution in [0.15, 0.2) is 34.9 Å². The van der Waals surface area contributed by atoms with E-state index < -0.39 is 17.9 Å². The molecule has 0 bridgehead atoms. The maximum atomic E-state index is 13.2. The normalized spacial score (nSPS) is 16.1. The van der Waals surface area contributed by atoms with Crippen LogP contribution in [0, 0.1) is 11.7 Å². The number of hydrogen-bond acceptors (Lipinski definition) is 6. The molecule has 1 aliphatic heterocycles. The van der Waals surface area contributed by atoms with Crippen LogP contribution < -0.4 is 0 Å². The summed E-state index contributed by atoms with van der Waals surface area (Å²) in [6.07, 6.45) is 3.59. The number of carboxylic acids is 3. The van der Waals surface area contributed by atoms with E-state index in [0.717, 1.165) is 37.0 Å². The summed E-state index contributed by atoms with van der Waals surface area (Å²) in [5, 5.41) is 29.8. The van der Waals surface area contributed by atoms with E-state index in [2.05, 4.69) is 10.1 Å². The van der Waals surface area contributed by atoms with E-state index in [9.17, 15) is 18.8 Å². The Kier molecular flexibility index (Phi) is 8.68. The van der Waals surface area contributed by atoms with Crippen LogP contribution >= 0.6 is 0 Å². The number of piperidine rings is 1. The summed E-state index contributed by atoms with van der Waals surface area (Å²) in [4.78, 5) is 32.5. The summed E-state index contributed by atoms with van der Waals surface area (Å²) < 4.78 is 18.5. The molecular weight excluding hydrogens is 411 g/mol. The van der Waals surface area contributed by atoms with Gasteiger partial charge in [-0.15, -0.1) is 0 Å². The topological polar surface area (TPSA) is 141 Å². The van der Waals surface area contributed by atoms with Gasteiger partial charge in [-0.3, -0.25) is 4.79 Å². The average Bonchev–Trinajstić information content (AvgIpc) is 3.14. The number of fused-ring (bicyclic) bond motifs is 1. The van der Waals surface area contributed by atoms with Crippen LogP contribution in [-0.2, 0) is 14.4 Å². The summed E-state index contributed by atoms with van der Waals surface area (Å²) in [6.45, 7) is 4.21. The van der Waals surface area contributed by atoms with E-state index in [4.69, 9.17) is 19.8 Å². The molecule has 0 radical (unpaired) electrons. The van der Waals surface area contributed by atoms with Gasteiger partial charge >= 0.3 is 17.9 Å². The zero-order chi connectivity index (χ0) is 23.0. The molecule has 0 amide bonds. The largest absolute Gasteiger partial charge is 0.481 e. The molecule has 3 N–H and O–H groups in total. The molecule has 0 spiro atoms. The Morgan fingerprint density at radius 1 is 1.19 bits per heavy atom. The molecule has 1 aromatic heterocycles. The summed E-state index contributed by atoms with van der Waals surface area (Å²) >= 11 is 0. The molecule has 1 atom stereocenters. The molecular formula is C21H25FN2O7. The lowest BCUT2D eigenvalue weighted by Gasteiger charge is -2.32. The second-order valence-corrected chi connectivity index (χ2v) is 7.24. The molecule has 9 nitrogen and oxygen atoms in total. The van der Waals surface area contributed by atoms with Crippen molar-refractivity contribution in [3.63, 3.8) is 0 Å². The SMILES string of the molecule is CCC(CN1CCC(c2noc3cc(F)ccc23)CC1)C(=O)O.O=C(O)/C=C/C(=O)O. The van der Waals surface area contributed by atoms with Gasteiger partial charge in [-0.25, -0.2) is 14.0 Å². The van der Waals surface area contributed by atoms with E-state index in [0.29, 0.717) is 30.7 Å². The summed E-state index contributed by atoms with van der Waals surface area (Å²) in [7, 11) is 0. The third-order valence-electron chi connectivity index (χ3n) is 5.13. The predicted octanol–water partition coefficient (Wildman–Crippen LogP) is 2.97. The van der Waals surface area contributed by atoms with Crippen LogP contribution in [0.3, 0.4) is 0 Å². The maximum Gasteiger partial charge on any atom is 0.328 e. The molecule has 1 saturated heterocycles. The monoisotopic (exact) mass is 436 g/mol. The van der Waals surface area contributed by atoms with Gasteiger partial charge in [0, 0.05) is 36.1 Å². The summed E-state index contributed by atoms with van der Waals surface area (Å²) in [6, 6.07) is 4.51. The molecule has 10 heteroatoms. The third-order valence-corrected chi connectivity index (χ3v) is 5.13. The molecule has 0 saturated carbocycles. The lowest BCUT2D eigenvalue weighted by Crippen LogP contribution is -2.38. The Morgan fingerprint density at radius 3 is 2.32 bits per heavy atom. The van der Waals surface area contributed by atoms with E-state index in [1.807, 2.05) is 6.92 Å². The number of likely N-dealkylation sites (tertiary alicyclic amines) is 1. The highest BCUT2D eigenvalue weighted by atomic mass is 19.1. The van der Waals surface area contributed by atoms with Gasteiger partial charge in [0.15, 0.2) is 5.58 Å². The number of aliphatic carboxylic acids is 3. The molecule has 1 aliphatic rings. The number of nitrogens with zero attached hydrogens (tertiary/aromatic N) is 2. The zero-order valence-corrected chi connectivity index (χ0v) is 17.0. The van der Waals surface area contributed by atoms with Crippen molar-refractivity contribution in [2.24, 2.45) is 5.92 Å². The van der Waals surface area contributed by atoms with Crippen LogP contribution in [0.1, 0.15) is 37.8 Å². The molecule has 1 unspecified atom stereocenters. The standard InChI is InChI=1S/C17H21FN2O3.C4H4O4/c1-2-11(17(21)22)10-20-7-5-12(6-8-20)16-14-4-3-13(18)9-15(14)23-19-16;5-3(6)1-2-4(7)8/h3-4,9,11-12H,2,5-8,10H2,1H3,(H,21,22);1-2H,(H,5,6)(H,7,8)/b;2-1+. The quantitative estimate of drug-likeness (QED) is 0.558. The van der Waals surface area contributed by atoms with Crippen molar-refractivity contribution in [1.29, 1.82) is 0 Å². The van der Waals surface area contributed by atoms with Crippen molar-refractivity contribution in [2.75, 3.05) is 19.6 Å². The summed E-state index contributed by atoms with van der Waals surface area (Å²) in [5.41, 5.74) is 1.38. The minimum absolute atomic E-state index is 0.280. The fraction of sp³-hybridized carbons (Fsp3) is 0.429. The molecule has 2 heterocycles. The predicted molar refractivity (Wildman–Crippen MR) is 108 cm³/mol. The van der Waals surface area contributed by atoms with E-state index in [-0.39, 0.29) is 17.7 Å². The van der Waals surface area contributed by atoms with Crippen LogP contribution in [-0.4, -0.2) is 62.9 Å². The molecule has 1 aromatic carbocycles. The Bertz CT molecular complexity index is 932. The van der Waals surface area contributed by atoms with Gasteiger partial charge in [0.1, 0.15) is 5.82 Å². The number of carboxylic acid groups (broad SMARTS) is 3. The molecule has 168 valence electrons. The van der Waals surface area contributed by atoms with Crippen LogP contribution in [0.4, 0.5) is 4.39 Å². The molecule has 1 fully saturated rings. The number of hydrogen-bond donors (Lipinski definition) is 3. The van der Waals surface area contributed by atoms with Gasteiger partial charge in [0.05, 0.1) is 11.6 Å². The maximum absolute atomic E-state index is 13.2. The van der Waals surface area contributed by atoms with Crippen molar-refractivity contribution in [3.05, 3.63) is 41.9 Å². The van der Waals surface area contributed by atoms with Crippen LogP contribution in [0.5, 0.6) is 0 Å². The third kappa shape index (κ3) is 7.18. The molecule has 0 aliphatic carbocycles. The number of aromatic nitrogens is 1. The van der Waals surface area contributed by atoms with Crippen molar-refractivity contribution in [2.45, 2.75) is 32.1 Å². The second kappa shape index (κ2) is 11.2. The number of carbonyl (C=O) groups is 3. The number of benzene rings is 1. The number of rotatable bonds is 7. The highest BCUT2D eigenvalue weighted by molar-refractivity contribution is 5.89. The van der Waals surface area contributed by atoms with E-state index >= 15 is 0 Å². The minimum atomic E-state index is -1.26. The Morgan fingerprint density at radius 2 is 1.81 bits per heavy atom. The van der Waals surface area contributed by atoms with Gasteiger partial charge in [-0.05, 0) is 44.5 Å². The lowest BCUT2D eigenvalue weighted by molar-refractivity contribution is -0.142. The zero-order valence-electron chi connectivity index (χ0n) is 17.0. The fourth-order valence-corrected chi connectivity index (χ4v) is 3.45. The average molecular weight is 436 g/mol. The first kappa shape index (κ1) is 24.0. The van der Waals surface area contributed by atoms with Crippen LogP contribution in [0.25, 0.3) is 11.0 Å². The first-order valence-corrected chi connectivity index (χ1v) is 9.85. The van der Waals surface area contributed by atoms with Crippen molar-refractivity contribution in [1.82, 2.24) is 10.1 Å². The lowest BCUT2D eigenvalue weighted by atomic mass is 9.91. The van der Waals surface area contributed by atoms with Gasteiger partial charge in [0.25, 0.3) is 0 Å². The van der Waals surface area contributed by atoms with Gasteiger partial charge in [-0.1, -0.05) is 12.1 Å². The molecule has 3 rings (SSSR count). The van der Waals surface area contributed by atoms with Crippen molar-refractivity contribution >= 4 is 28.9 Å². The Balaban J connectivity index is 0.000000366. The Hall–Kier alpha value is -3.27. The number of halogens is 1. The smallest absolute Gasteiger partial charge is 0.328 e. The fourth-order valence-electron chi connectivity index (χ4n) is 3.45. The highest BCUT2D eigenvalue weighted by Crippen LogP contribution is 2.33. The van der Waals surface area contributed by atoms with Gasteiger partial charge in [0.2, 0.25) is 0 Å². The van der Waals surface area contributed by atoms with E-state index in [1.54, 1.807) is 6.07 Å². The Labute approximate surface area is 177 Å². The van der Waals surface area contributed by atoms with E-state index in [1.165, 1.54) is 12.1 Å². The summed E-state index contributed by atoms with van der Waals surface area (Å²) in [5.74, 6) is -3.58. The van der Waals surface area contributed by atoms with Gasteiger partial charge < -0.3 is 24.7 Å². The molecule has 31 heavy (non-hydrogen) atoms. The first-order chi connectivity index (χ1) is 14.7. The van der Waals surface area contributed by atoms with Crippen molar-refractivity contribution in [3.8, 4) is 0 Å².